The number of amides is 2. The van der Waals surface area contributed by atoms with Gasteiger partial charge in [0.1, 0.15) is 0 Å². The van der Waals surface area contributed by atoms with Crippen molar-refractivity contribution in [2.75, 3.05) is 18.4 Å². The molecular weight excluding hydrogens is 426 g/mol. The fourth-order valence-electron chi connectivity index (χ4n) is 6.24. The van der Waals surface area contributed by atoms with Crippen molar-refractivity contribution in [2.45, 2.75) is 89.0 Å². The highest BCUT2D eigenvalue weighted by Gasteiger charge is 2.47. The minimum Gasteiger partial charge on any atom is -0.383 e. The Hall–Kier alpha value is -2.41. The molecule has 7 heteroatoms. The van der Waals surface area contributed by atoms with Gasteiger partial charge in [-0.15, -0.1) is 0 Å². The molecule has 2 aliphatic carbocycles. The number of aromatic nitrogens is 2. The first-order valence-electron chi connectivity index (χ1n) is 13.3. The van der Waals surface area contributed by atoms with Gasteiger partial charge in [0.25, 0.3) is 0 Å². The average molecular weight is 466 g/mol. The van der Waals surface area contributed by atoms with Gasteiger partial charge in [-0.1, -0.05) is 37.8 Å². The number of fused-ring (bicyclic) bond motifs is 1. The number of nitrogens with zero attached hydrogens (tertiary/aromatic N) is 2. The number of rotatable bonds is 11. The van der Waals surface area contributed by atoms with Gasteiger partial charge in [0.2, 0.25) is 11.8 Å². The van der Waals surface area contributed by atoms with Crippen LogP contribution in [0.2, 0.25) is 0 Å². The molecule has 34 heavy (non-hydrogen) atoms. The van der Waals surface area contributed by atoms with E-state index in [1.54, 1.807) is 0 Å². The molecule has 2 saturated carbocycles. The zero-order chi connectivity index (χ0) is 23.5. The standard InChI is InChI=1S/C27H39N5O2/c1-32-25-20(24(31-32)21-11-12-23(33)30-26(21)34)9-7-10-22(25)29-16-6-4-2-3-5-15-28-19-17-27(18-19)13-8-14-27/h7,9-10,19,21,28-29H,2-6,8,11-18H2,1H3,(H,30,33,34). The number of unbranched alkanes of at least 4 members (excludes halogenated alkanes) is 4. The summed E-state index contributed by atoms with van der Waals surface area (Å²) < 4.78 is 1.86. The lowest BCUT2D eigenvalue weighted by molar-refractivity contribution is -0.134. The summed E-state index contributed by atoms with van der Waals surface area (Å²) in [7, 11) is 1.92. The molecule has 1 unspecified atom stereocenters. The van der Waals surface area contributed by atoms with E-state index in [1.807, 2.05) is 23.9 Å². The largest absolute Gasteiger partial charge is 0.383 e. The first-order chi connectivity index (χ1) is 16.5. The Kier molecular flexibility index (Phi) is 6.91. The third-order valence-corrected chi connectivity index (χ3v) is 8.34. The summed E-state index contributed by atoms with van der Waals surface area (Å²) in [6.07, 6.45) is 14.4. The normalized spacial score (nSPS) is 22.0. The lowest BCUT2D eigenvalue weighted by Crippen LogP contribution is -2.52. The summed E-state index contributed by atoms with van der Waals surface area (Å²) in [5.74, 6) is -0.796. The van der Waals surface area contributed by atoms with E-state index < -0.39 is 0 Å². The Balaban J connectivity index is 1.03. The summed E-state index contributed by atoms with van der Waals surface area (Å²) >= 11 is 0. The second-order valence-corrected chi connectivity index (χ2v) is 10.8. The second kappa shape index (κ2) is 10.1. The van der Waals surface area contributed by atoms with Crippen LogP contribution in [0.5, 0.6) is 0 Å². The number of imide groups is 1. The Bertz CT molecular complexity index is 1030. The molecule has 1 saturated heterocycles. The molecule has 3 N–H and O–H groups in total. The first-order valence-corrected chi connectivity index (χ1v) is 13.3. The number of para-hydroxylation sites is 1. The molecular formula is C27H39N5O2. The van der Waals surface area contributed by atoms with Gasteiger partial charge < -0.3 is 10.6 Å². The number of carbonyl (C=O) groups excluding carboxylic acids is 2. The van der Waals surface area contributed by atoms with Gasteiger partial charge in [0.05, 0.1) is 22.8 Å². The van der Waals surface area contributed by atoms with Crippen LogP contribution in [0.15, 0.2) is 18.2 Å². The van der Waals surface area contributed by atoms with Crippen LogP contribution in [0.25, 0.3) is 10.9 Å². The zero-order valence-corrected chi connectivity index (χ0v) is 20.5. The smallest absolute Gasteiger partial charge is 0.235 e. The third-order valence-electron chi connectivity index (χ3n) is 8.34. The summed E-state index contributed by atoms with van der Waals surface area (Å²) in [5, 5.41) is 15.5. The number of aryl methyl sites for hydroxylation is 1. The molecule has 1 atom stereocenters. The highest BCUT2D eigenvalue weighted by molar-refractivity contribution is 6.03. The van der Waals surface area contributed by atoms with Crippen LogP contribution in [-0.4, -0.2) is 40.7 Å². The predicted molar refractivity (Wildman–Crippen MR) is 135 cm³/mol. The molecule has 2 amide bonds. The Morgan fingerprint density at radius 3 is 2.59 bits per heavy atom. The number of carbonyl (C=O) groups is 2. The molecule has 5 rings (SSSR count). The molecule has 184 valence electrons. The predicted octanol–water partition coefficient (Wildman–Crippen LogP) is 4.38. The molecule has 0 radical (unpaired) electrons. The van der Waals surface area contributed by atoms with E-state index in [2.05, 4.69) is 27.1 Å². The molecule has 1 spiro atoms. The van der Waals surface area contributed by atoms with Gasteiger partial charge in [0, 0.05) is 31.4 Å². The highest BCUT2D eigenvalue weighted by atomic mass is 16.2. The van der Waals surface area contributed by atoms with Gasteiger partial charge >= 0.3 is 0 Å². The minimum atomic E-state index is -0.366. The Morgan fingerprint density at radius 1 is 1.09 bits per heavy atom. The van der Waals surface area contributed by atoms with Gasteiger partial charge in [-0.2, -0.15) is 5.10 Å². The number of hydrogen-bond donors (Lipinski definition) is 3. The lowest BCUT2D eigenvalue weighted by Gasteiger charge is -2.54. The summed E-state index contributed by atoms with van der Waals surface area (Å²) in [4.78, 5) is 23.9. The summed E-state index contributed by atoms with van der Waals surface area (Å²) in [5.41, 5.74) is 3.62. The SMILES string of the molecule is Cn1nc(C2CCC(=O)NC2=O)c2cccc(NCCCCCCCNC3CC4(CCC4)C3)c21. The Morgan fingerprint density at radius 2 is 1.85 bits per heavy atom. The van der Waals surface area contributed by atoms with E-state index in [4.69, 9.17) is 0 Å². The minimum absolute atomic E-state index is 0.194. The van der Waals surface area contributed by atoms with Crippen molar-refractivity contribution >= 4 is 28.4 Å². The van der Waals surface area contributed by atoms with Crippen molar-refractivity contribution in [3.8, 4) is 0 Å². The third kappa shape index (κ3) is 4.85. The van der Waals surface area contributed by atoms with Crippen molar-refractivity contribution in [3.63, 3.8) is 0 Å². The summed E-state index contributed by atoms with van der Waals surface area (Å²) in [6, 6.07) is 6.92. The van der Waals surface area contributed by atoms with E-state index in [1.165, 1.54) is 64.3 Å². The quantitative estimate of drug-likeness (QED) is 0.339. The Labute approximate surface area is 202 Å². The molecule has 1 aromatic carbocycles. The number of hydrogen-bond acceptors (Lipinski definition) is 5. The molecule has 2 aromatic rings. The van der Waals surface area contributed by atoms with E-state index in [-0.39, 0.29) is 17.7 Å². The maximum atomic E-state index is 12.4. The van der Waals surface area contributed by atoms with Crippen LogP contribution in [-0.2, 0) is 16.6 Å². The zero-order valence-electron chi connectivity index (χ0n) is 20.5. The van der Waals surface area contributed by atoms with Gasteiger partial charge in [-0.25, -0.2) is 0 Å². The lowest BCUT2D eigenvalue weighted by atomic mass is 9.54. The van der Waals surface area contributed by atoms with Crippen LogP contribution in [0, 0.1) is 5.41 Å². The fraction of sp³-hybridized carbons (Fsp3) is 0.667. The topological polar surface area (TPSA) is 88.0 Å². The van der Waals surface area contributed by atoms with Crippen LogP contribution in [0.1, 0.15) is 88.7 Å². The molecule has 1 aromatic heterocycles. The molecule has 1 aliphatic heterocycles. The highest BCUT2D eigenvalue weighted by Crippen LogP contribution is 2.55. The van der Waals surface area contributed by atoms with Gasteiger partial charge in [0.15, 0.2) is 0 Å². The molecule has 3 aliphatic rings. The molecule has 0 bridgehead atoms. The van der Waals surface area contributed by atoms with Gasteiger partial charge in [-0.3, -0.25) is 19.6 Å². The van der Waals surface area contributed by atoms with Crippen molar-refractivity contribution in [3.05, 3.63) is 23.9 Å². The maximum absolute atomic E-state index is 12.4. The van der Waals surface area contributed by atoms with E-state index in [9.17, 15) is 9.59 Å². The maximum Gasteiger partial charge on any atom is 0.235 e. The first kappa shape index (κ1) is 23.3. The molecule has 7 nitrogen and oxygen atoms in total. The number of anilines is 1. The second-order valence-electron chi connectivity index (χ2n) is 10.8. The number of benzene rings is 1. The van der Waals surface area contributed by atoms with Crippen LogP contribution < -0.4 is 16.0 Å². The van der Waals surface area contributed by atoms with Crippen LogP contribution >= 0.6 is 0 Å². The number of nitrogens with one attached hydrogen (secondary N) is 3. The average Bonchev–Trinajstić information content (AvgIpc) is 3.09. The van der Waals surface area contributed by atoms with Crippen LogP contribution in [0.3, 0.4) is 0 Å². The summed E-state index contributed by atoms with van der Waals surface area (Å²) in [6.45, 7) is 2.11. The van der Waals surface area contributed by atoms with Crippen LogP contribution in [0.4, 0.5) is 5.69 Å². The monoisotopic (exact) mass is 465 g/mol. The van der Waals surface area contributed by atoms with Crippen molar-refractivity contribution in [2.24, 2.45) is 12.5 Å². The van der Waals surface area contributed by atoms with Crippen molar-refractivity contribution in [1.29, 1.82) is 0 Å². The van der Waals surface area contributed by atoms with Gasteiger partial charge in [-0.05, 0) is 63.0 Å². The number of piperidine rings is 1. The van der Waals surface area contributed by atoms with E-state index >= 15 is 0 Å². The van der Waals surface area contributed by atoms with Crippen molar-refractivity contribution < 1.29 is 9.59 Å². The van der Waals surface area contributed by atoms with E-state index in [0.717, 1.165) is 46.7 Å². The van der Waals surface area contributed by atoms with E-state index in [0.29, 0.717) is 12.8 Å². The fourth-order valence-corrected chi connectivity index (χ4v) is 6.24. The van der Waals surface area contributed by atoms with Crippen molar-refractivity contribution in [1.82, 2.24) is 20.4 Å². The molecule has 3 fully saturated rings. The molecule has 2 heterocycles.